The highest BCUT2D eigenvalue weighted by Gasteiger charge is 2.22. The number of hydrogen-bond donors (Lipinski definition) is 0. The lowest BCUT2D eigenvalue weighted by Crippen LogP contribution is -2.11. The summed E-state index contributed by atoms with van der Waals surface area (Å²) in [6.07, 6.45) is 0. The molecular weight excluding hydrogens is 773 g/mol. The number of nitrogens with zero attached hydrogens (tertiary/aromatic N) is 2. The molecular formula is C62H42N2. The van der Waals surface area contributed by atoms with E-state index in [0.717, 1.165) is 28.3 Å². The van der Waals surface area contributed by atoms with Crippen molar-refractivity contribution in [3.8, 4) is 50.2 Å². The second-order valence-electron chi connectivity index (χ2n) is 16.4. The Kier molecular flexibility index (Phi) is 9.20. The summed E-state index contributed by atoms with van der Waals surface area (Å²) in [5, 5.41) is 7.45. The zero-order chi connectivity index (χ0) is 42.4. The SMILES string of the molecule is c1ccc(-c2cccc3c(-c4ccc(N(c5ccc(-c6cccc7ccccc67)cc5)c5ccccc5-c5cccc6c5c5ccccc5n6-c5ccccc5)cc4)cccc23)cc1. The van der Waals surface area contributed by atoms with E-state index in [-0.39, 0.29) is 0 Å². The van der Waals surface area contributed by atoms with Crippen LogP contribution in [0.2, 0.25) is 0 Å². The summed E-state index contributed by atoms with van der Waals surface area (Å²) in [5.74, 6) is 0. The van der Waals surface area contributed by atoms with E-state index in [2.05, 4.69) is 264 Å². The lowest BCUT2D eigenvalue weighted by Gasteiger charge is -2.28. The molecule has 0 amide bonds. The number of anilines is 3. The van der Waals surface area contributed by atoms with E-state index in [1.165, 1.54) is 82.3 Å². The van der Waals surface area contributed by atoms with Gasteiger partial charge in [-0.05, 0) is 115 Å². The van der Waals surface area contributed by atoms with Gasteiger partial charge in [0.1, 0.15) is 0 Å². The number of hydrogen-bond acceptors (Lipinski definition) is 1. The Labute approximate surface area is 373 Å². The third-order valence-electron chi connectivity index (χ3n) is 12.8. The molecule has 0 saturated carbocycles. The third kappa shape index (κ3) is 6.35. The average molecular weight is 815 g/mol. The van der Waals surface area contributed by atoms with E-state index < -0.39 is 0 Å². The summed E-state index contributed by atoms with van der Waals surface area (Å²) in [5.41, 5.74) is 16.4. The summed E-state index contributed by atoms with van der Waals surface area (Å²) < 4.78 is 2.40. The number of aromatic nitrogens is 1. The van der Waals surface area contributed by atoms with Gasteiger partial charge in [-0.3, -0.25) is 0 Å². The topological polar surface area (TPSA) is 8.17 Å². The van der Waals surface area contributed by atoms with Crippen LogP contribution in [0.3, 0.4) is 0 Å². The number of rotatable bonds is 8. The number of para-hydroxylation sites is 3. The first kappa shape index (κ1) is 37.3. The van der Waals surface area contributed by atoms with Crippen LogP contribution < -0.4 is 4.90 Å². The van der Waals surface area contributed by atoms with Crippen LogP contribution in [0.25, 0.3) is 93.5 Å². The molecule has 0 unspecified atom stereocenters. The maximum Gasteiger partial charge on any atom is 0.0547 e. The molecule has 12 aromatic rings. The van der Waals surface area contributed by atoms with Crippen molar-refractivity contribution in [2.24, 2.45) is 0 Å². The van der Waals surface area contributed by atoms with Gasteiger partial charge in [0.05, 0.1) is 16.7 Å². The van der Waals surface area contributed by atoms with Gasteiger partial charge in [0.25, 0.3) is 0 Å². The first-order valence-corrected chi connectivity index (χ1v) is 22.0. The van der Waals surface area contributed by atoms with Crippen LogP contribution >= 0.6 is 0 Å². The van der Waals surface area contributed by atoms with E-state index in [9.17, 15) is 0 Å². The average Bonchev–Trinajstić information content (AvgIpc) is 3.72. The van der Waals surface area contributed by atoms with Crippen molar-refractivity contribution in [3.05, 3.63) is 255 Å². The molecule has 0 N–H and O–H groups in total. The normalized spacial score (nSPS) is 11.4. The molecule has 2 nitrogen and oxygen atoms in total. The van der Waals surface area contributed by atoms with Gasteiger partial charge in [-0.25, -0.2) is 0 Å². The molecule has 0 aliphatic rings. The third-order valence-corrected chi connectivity index (χ3v) is 12.8. The Hall–Kier alpha value is -8.46. The fraction of sp³-hybridized carbons (Fsp3) is 0. The lowest BCUT2D eigenvalue weighted by molar-refractivity contribution is 1.18. The van der Waals surface area contributed by atoms with Crippen molar-refractivity contribution >= 4 is 60.4 Å². The van der Waals surface area contributed by atoms with E-state index in [0.29, 0.717) is 0 Å². The molecule has 0 saturated heterocycles. The van der Waals surface area contributed by atoms with Crippen molar-refractivity contribution in [1.82, 2.24) is 4.57 Å². The highest BCUT2D eigenvalue weighted by molar-refractivity contribution is 6.17. The summed E-state index contributed by atoms with van der Waals surface area (Å²) in [6, 6.07) is 92.6. The monoisotopic (exact) mass is 814 g/mol. The Morgan fingerprint density at radius 2 is 0.703 bits per heavy atom. The second-order valence-corrected chi connectivity index (χ2v) is 16.4. The van der Waals surface area contributed by atoms with Crippen LogP contribution in [-0.4, -0.2) is 4.57 Å². The van der Waals surface area contributed by atoms with Gasteiger partial charge >= 0.3 is 0 Å². The first-order valence-electron chi connectivity index (χ1n) is 22.0. The van der Waals surface area contributed by atoms with Crippen molar-refractivity contribution in [2.75, 3.05) is 4.90 Å². The standard InChI is InChI=1S/C62H42N2/c1-3-17-43(18-4-1)52-27-14-30-55-53(28-15-29-54(52)55)46-37-41-49(42-38-46)63(48-39-35-45(36-40-48)51-26-13-20-44-19-7-8-23-50(44)51)59-32-11-9-24-56(59)57-31-16-34-61-62(57)58-25-10-12-33-60(58)64(61)47-21-5-2-6-22-47/h1-42H. The highest BCUT2D eigenvalue weighted by Crippen LogP contribution is 2.46. The van der Waals surface area contributed by atoms with E-state index in [1.54, 1.807) is 0 Å². The molecule has 1 heterocycles. The lowest BCUT2D eigenvalue weighted by atomic mass is 9.93. The number of fused-ring (bicyclic) bond motifs is 5. The zero-order valence-electron chi connectivity index (χ0n) is 35.1. The van der Waals surface area contributed by atoms with Crippen molar-refractivity contribution in [1.29, 1.82) is 0 Å². The summed E-state index contributed by atoms with van der Waals surface area (Å²) >= 11 is 0. The minimum absolute atomic E-state index is 1.08. The molecule has 300 valence electrons. The summed E-state index contributed by atoms with van der Waals surface area (Å²) in [7, 11) is 0. The molecule has 0 aliphatic carbocycles. The second kappa shape index (κ2) is 15.8. The quantitative estimate of drug-likeness (QED) is 0.148. The van der Waals surface area contributed by atoms with Crippen molar-refractivity contribution in [3.63, 3.8) is 0 Å². The van der Waals surface area contributed by atoms with E-state index in [1.807, 2.05) is 0 Å². The molecule has 2 heteroatoms. The largest absolute Gasteiger partial charge is 0.310 e. The molecule has 0 fully saturated rings. The predicted molar refractivity (Wildman–Crippen MR) is 272 cm³/mol. The zero-order valence-corrected chi connectivity index (χ0v) is 35.1. The molecule has 1 aromatic heterocycles. The summed E-state index contributed by atoms with van der Waals surface area (Å²) in [6.45, 7) is 0. The van der Waals surface area contributed by atoms with Crippen molar-refractivity contribution < 1.29 is 0 Å². The molecule has 64 heavy (non-hydrogen) atoms. The highest BCUT2D eigenvalue weighted by atomic mass is 15.1. The van der Waals surface area contributed by atoms with Gasteiger partial charge in [-0.1, -0.05) is 200 Å². The maximum absolute atomic E-state index is 2.43. The molecule has 0 bridgehead atoms. The minimum atomic E-state index is 1.08. The molecule has 0 spiro atoms. The molecule has 12 rings (SSSR count). The number of benzene rings is 11. The van der Waals surface area contributed by atoms with Gasteiger partial charge in [0, 0.05) is 33.4 Å². The fourth-order valence-electron chi connectivity index (χ4n) is 9.91. The van der Waals surface area contributed by atoms with Gasteiger partial charge < -0.3 is 9.47 Å². The van der Waals surface area contributed by atoms with Gasteiger partial charge in [-0.15, -0.1) is 0 Å². The first-order chi connectivity index (χ1) is 31.8. The van der Waals surface area contributed by atoms with Gasteiger partial charge in [0.2, 0.25) is 0 Å². The molecule has 0 radical (unpaired) electrons. The fourth-order valence-corrected chi connectivity index (χ4v) is 9.91. The van der Waals surface area contributed by atoms with Crippen LogP contribution in [0.4, 0.5) is 17.1 Å². The maximum atomic E-state index is 2.43. The van der Waals surface area contributed by atoms with Crippen LogP contribution in [0, 0.1) is 0 Å². The Balaban J connectivity index is 1.03. The molecule has 11 aromatic carbocycles. The van der Waals surface area contributed by atoms with Gasteiger partial charge in [-0.2, -0.15) is 0 Å². The van der Waals surface area contributed by atoms with Crippen LogP contribution in [0.5, 0.6) is 0 Å². The Morgan fingerprint density at radius 1 is 0.266 bits per heavy atom. The summed E-state index contributed by atoms with van der Waals surface area (Å²) in [4.78, 5) is 2.43. The van der Waals surface area contributed by atoms with Crippen molar-refractivity contribution in [2.45, 2.75) is 0 Å². The predicted octanol–water partition coefficient (Wildman–Crippen LogP) is 17.2. The van der Waals surface area contributed by atoms with E-state index >= 15 is 0 Å². The van der Waals surface area contributed by atoms with E-state index in [4.69, 9.17) is 0 Å². The smallest absolute Gasteiger partial charge is 0.0547 e. The van der Waals surface area contributed by atoms with Crippen LogP contribution in [-0.2, 0) is 0 Å². The minimum Gasteiger partial charge on any atom is -0.310 e. The molecule has 0 aliphatic heterocycles. The Morgan fingerprint density at radius 3 is 1.39 bits per heavy atom. The molecule has 0 atom stereocenters. The van der Waals surface area contributed by atoms with Gasteiger partial charge in [0.15, 0.2) is 0 Å². The van der Waals surface area contributed by atoms with Crippen LogP contribution in [0.1, 0.15) is 0 Å². The Bertz CT molecular complexity index is 3640. The van der Waals surface area contributed by atoms with Crippen LogP contribution in [0.15, 0.2) is 255 Å².